The lowest BCUT2D eigenvalue weighted by Gasteiger charge is -2.19. The number of Topliss-reactive ketones (excluding diaryl/α,β-unsaturated/α-hetero) is 1. The van der Waals surface area contributed by atoms with Crippen molar-refractivity contribution < 1.29 is 35.5 Å². The molecule has 0 aliphatic rings. The summed E-state index contributed by atoms with van der Waals surface area (Å²) in [5.41, 5.74) is -3.61. The van der Waals surface area contributed by atoms with Crippen molar-refractivity contribution >= 4 is 46.8 Å². The van der Waals surface area contributed by atoms with E-state index < -0.39 is 58.7 Å². The summed E-state index contributed by atoms with van der Waals surface area (Å²) >= 11 is 11.8. The third kappa shape index (κ3) is 6.90. The molecule has 4 nitrogen and oxygen atoms in total. The Kier molecular flexibility index (Phi) is 8.83. The van der Waals surface area contributed by atoms with Crippen molar-refractivity contribution in [3.05, 3.63) is 99.3 Å². The van der Waals surface area contributed by atoms with Crippen LogP contribution in [0.25, 0.3) is 11.9 Å². The number of anilines is 1. The molecule has 1 unspecified atom stereocenters. The number of alkyl halides is 6. The minimum atomic E-state index is -5.11. The molecular formula is C25H16Cl2F7N3O. The second-order valence-electron chi connectivity index (χ2n) is 7.75. The maximum Gasteiger partial charge on any atom is 0.417 e. The van der Waals surface area contributed by atoms with E-state index in [-0.39, 0.29) is 33.7 Å². The van der Waals surface area contributed by atoms with Gasteiger partial charge in [0, 0.05) is 23.5 Å². The number of carbonyl (C=O) groups excluding carboxylic acids is 1. The van der Waals surface area contributed by atoms with Gasteiger partial charge in [0.1, 0.15) is 11.7 Å². The summed E-state index contributed by atoms with van der Waals surface area (Å²) in [6.45, 7) is 2.81. The van der Waals surface area contributed by atoms with E-state index in [1.165, 1.54) is 18.5 Å². The fraction of sp³-hybridized carbons (Fsp3) is 0.160. The summed E-state index contributed by atoms with van der Waals surface area (Å²) in [6.07, 6.45) is -6.20. The Hall–Kier alpha value is -3.44. The summed E-state index contributed by atoms with van der Waals surface area (Å²) in [6, 6.07) is 5.11. The number of allylic oxidation sites excluding steroid dienone is 1. The van der Waals surface area contributed by atoms with E-state index in [2.05, 4.69) is 21.9 Å². The molecule has 0 aliphatic heterocycles. The molecule has 13 heteroatoms. The van der Waals surface area contributed by atoms with Gasteiger partial charge >= 0.3 is 12.4 Å². The molecule has 38 heavy (non-hydrogen) atoms. The van der Waals surface area contributed by atoms with Crippen molar-refractivity contribution in [3.8, 4) is 0 Å². The SMILES string of the molecule is C=Cc1cc(C(/C=C(\F)c2ccc(C(=O)CNc3ncccn3)c(C(F)(F)F)c2)C(F)(F)F)cc(Cl)c1Cl. The van der Waals surface area contributed by atoms with Crippen molar-refractivity contribution in [1.82, 2.24) is 9.97 Å². The zero-order chi connectivity index (χ0) is 28.3. The maximum atomic E-state index is 15.0. The highest BCUT2D eigenvalue weighted by Crippen LogP contribution is 2.42. The van der Waals surface area contributed by atoms with E-state index in [0.29, 0.717) is 6.07 Å². The van der Waals surface area contributed by atoms with Gasteiger partial charge in [0.15, 0.2) is 5.78 Å². The second-order valence-corrected chi connectivity index (χ2v) is 8.54. The Balaban J connectivity index is 2.01. The lowest BCUT2D eigenvalue weighted by atomic mass is 9.94. The van der Waals surface area contributed by atoms with E-state index in [9.17, 15) is 31.1 Å². The quantitative estimate of drug-likeness (QED) is 0.216. The molecule has 1 atom stereocenters. The number of nitrogens with zero attached hydrogens (tertiary/aromatic N) is 2. The predicted molar refractivity (Wildman–Crippen MR) is 131 cm³/mol. The van der Waals surface area contributed by atoms with Gasteiger partial charge in [-0.25, -0.2) is 14.4 Å². The molecule has 3 rings (SSSR count). The minimum Gasteiger partial charge on any atom is -0.347 e. The highest BCUT2D eigenvalue weighted by atomic mass is 35.5. The molecule has 0 radical (unpaired) electrons. The van der Waals surface area contributed by atoms with Crippen LogP contribution in [0.5, 0.6) is 0 Å². The molecule has 0 aliphatic carbocycles. The van der Waals surface area contributed by atoms with E-state index in [1.54, 1.807) is 0 Å². The van der Waals surface area contributed by atoms with Crippen LogP contribution in [0.2, 0.25) is 10.0 Å². The van der Waals surface area contributed by atoms with Crippen molar-refractivity contribution in [3.63, 3.8) is 0 Å². The number of rotatable bonds is 8. The lowest BCUT2D eigenvalue weighted by Crippen LogP contribution is -2.20. The largest absolute Gasteiger partial charge is 0.417 e. The molecule has 0 spiro atoms. The van der Waals surface area contributed by atoms with Crippen LogP contribution < -0.4 is 5.32 Å². The molecule has 200 valence electrons. The Morgan fingerprint density at radius 2 is 1.71 bits per heavy atom. The molecule has 0 saturated heterocycles. The van der Waals surface area contributed by atoms with Gasteiger partial charge < -0.3 is 5.32 Å². The summed E-state index contributed by atoms with van der Waals surface area (Å²) < 4.78 is 97.8. The van der Waals surface area contributed by atoms with Crippen LogP contribution in [0.4, 0.5) is 36.7 Å². The fourth-order valence-corrected chi connectivity index (χ4v) is 3.82. The van der Waals surface area contributed by atoms with Gasteiger partial charge in [-0.05, 0) is 41.5 Å². The van der Waals surface area contributed by atoms with Crippen LogP contribution in [0.3, 0.4) is 0 Å². The zero-order valence-electron chi connectivity index (χ0n) is 19.0. The first-order valence-corrected chi connectivity index (χ1v) is 11.3. The summed E-state index contributed by atoms with van der Waals surface area (Å²) in [5.74, 6) is -5.22. The van der Waals surface area contributed by atoms with Crippen molar-refractivity contribution in [2.45, 2.75) is 18.3 Å². The summed E-state index contributed by atoms with van der Waals surface area (Å²) in [7, 11) is 0. The molecular weight excluding hydrogens is 562 g/mol. The average molecular weight is 578 g/mol. The molecule has 0 fully saturated rings. The minimum absolute atomic E-state index is 0.0138. The van der Waals surface area contributed by atoms with E-state index >= 15 is 4.39 Å². The van der Waals surface area contributed by atoms with Gasteiger partial charge in [0.05, 0.1) is 22.2 Å². The first-order valence-electron chi connectivity index (χ1n) is 10.5. The Morgan fingerprint density at radius 1 is 1.05 bits per heavy atom. The maximum absolute atomic E-state index is 15.0. The van der Waals surface area contributed by atoms with Crippen LogP contribution in [-0.4, -0.2) is 28.5 Å². The number of hydrogen-bond donors (Lipinski definition) is 1. The summed E-state index contributed by atoms with van der Waals surface area (Å²) in [4.78, 5) is 20.0. The van der Waals surface area contributed by atoms with Gasteiger partial charge in [0.25, 0.3) is 0 Å². The molecule has 3 aromatic rings. The number of benzene rings is 2. The average Bonchev–Trinajstić information content (AvgIpc) is 2.86. The molecule has 1 aromatic heterocycles. The van der Waals surface area contributed by atoms with Gasteiger partial charge in [0.2, 0.25) is 5.95 Å². The topological polar surface area (TPSA) is 54.9 Å². The third-order valence-electron chi connectivity index (χ3n) is 5.20. The zero-order valence-corrected chi connectivity index (χ0v) is 20.5. The number of halogens is 9. The number of hydrogen-bond acceptors (Lipinski definition) is 4. The number of carbonyl (C=O) groups is 1. The number of aromatic nitrogens is 2. The Morgan fingerprint density at radius 3 is 2.29 bits per heavy atom. The monoisotopic (exact) mass is 577 g/mol. The van der Waals surface area contributed by atoms with Gasteiger partial charge in [-0.15, -0.1) is 0 Å². The van der Waals surface area contributed by atoms with Crippen LogP contribution >= 0.6 is 23.2 Å². The van der Waals surface area contributed by atoms with Crippen molar-refractivity contribution in [2.24, 2.45) is 0 Å². The second kappa shape index (κ2) is 11.5. The molecule has 1 N–H and O–H groups in total. The highest BCUT2D eigenvalue weighted by molar-refractivity contribution is 6.43. The van der Waals surface area contributed by atoms with Gasteiger partial charge in [-0.1, -0.05) is 48.0 Å². The van der Waals surface area contributed by atoms with E-state index in [0.717, 1.165) is 24.3 Å². The first-order chi connectivity index (χ1) is 17.7. The molecule has 1 heterocycles. The van der Waals surface area contributed by atoms with Gasteiger partial charge in [-0.2, -0.15) is 26.3 Å². The molecule has 0 saturated carbocycles. The number of ketones is 1. The Bertz CT molecular complexity index is 1370. The van der Waals surface area contributed by atoms with Crippen LogP contribution in [0.1, 0.15) is 38.5 Å². The smallest absolute Gasteiger partial charge is 0.347 e. The molecule has 2 aromatic carbocycles. The third-order valence-corrected chi connectivity index (χ3v) is 6.01. The standard InChI is InChI=1S/C25H16Cl2F7N3O/c1-2-13-8-15(10-19(26)22(13)27)17(24(29,30)31)11-20(28)14-4-5-16(18(9-14)25(32,33)34)21(38)12-37-23-35-6-3-7-36-23/h2-11,17H,1,12H2,(H,35,36,37)/b20-11-. The van der Waals surface area contributed by atoms with Crippen molar-refractivity contribution in [2.75, 3.05) is 11.9 Å². The molecule has 0 amide bonds. The molecule has 0 bridgehead atoms. The van der Waals surface area contributed by atoms with Crippen molar-refractivity contribution in [1.29, 1.82) is 0 Å². The van der Waals surface area contributed by atoms with Crippen LogP contribution in [0.15, 0.2) is 61.4 Å². The predicted octanol–water partition coefficient (Wildman–Crippen LogP) is 8.40. The van der Waals surface area contributed by atoms with Gasteiger partial charge in [-0.3, -0.25) is 4.79 Å². The normalized spacial score (nSPS) is 13.2. The summed E-state index contributed by atoms with van der Waals surface area (Å²) in [5, 5.41) is 2.14. The van der Waals surface area contributed by atoms with Crippen LogP contribution in [0, 0.1) is 0 Å². The van der Waals surface area contributed by atoms with E-state index in [4.69, 9.17) is 23.2 Å². The Labute approximate surface area is 221 Å². The first kappa shape index (κ1) is 29.1. The highest BCUT2D eigenvalue weighted by Gasteiger charge is 2.41. The number of nitrogens with one attached hydrogen (secondary N) is 1. The fourth-order valence-electron chi connectivity index (χ4n) is 3.40. The van der Waals surface area contributed by atoms with Crippen LogP contribution in [-0.2, 0) is 6.18 Å². The lowest BCUT2D eigenvalue weighted by molar-refractivity contribution is -0.140. The van der Waals surface area contributed by atoms with E-state index in [1.807, 2.05) is 0 Å².